The largest absolute Gasteiger partial charge is 0.508 e. The maximum Gasteiger partial charge on any atom is 0.331 e. The van der Waals surface area contributed by atoms with E-state index in [0.717, 1.165) is 5.56 Å². The quantitative estimate of drug-likeness (QED) is 0.270. The van der Waals surface area contributed by atoms with E-state index in [-0.39, 0.29) is 15.4 Å². The molecule has 0 amide bonds. The Bertz CT molecular complexity index is 482. The number of phenols is 1. The van der Waals surface area contributed by atoms with Gasteiger partial charge in [-0.2, -0.15) is 0 Å². The van der Waals surface area contributed by atoms with Crippen LogP contribution in [0, 0.1) is 0 Å². The minimum atomic E-state index is -3.19. The monoisotopic (exact) mass is 598 g/mol. The zero-order valence-electron chi connectivity index (χ0n) is 12.3. The molecule has 0 saturated heterocycles. The van der Waals surface area contributed by atoms with E-state index in [2.05, 4.69) is 63.7 Å². The van der Waals surface area contributed by atoms with Crippen molar-refractivity contribution in [2.45, 2.75) is 16.1 Å². The van der Waals surface area contributed by atoms with Crippen molar-refractivity contribution in [3.05, 3.63) is 29.8 Å². The standard InChI is InChI=1S/C14H19Br4O4P/c15-7-12(17)9-21-23(20,22-10-13(18)8-16)6-5-11-1-3-14(19)4-2-11/h1-4,12-13,19H,5-10H2. The second kappa shape index (κ2) is 11.7. The molecule has 1 aromatic carbocycles. The highest BCUT2D eigenvalue weighted by Gasteiger charge is 2.26. The number of aryl methyl sites for hydroxylation is 1. The van der Waals surface area contributed by atoms with Gasteiger partial charge in [0.1, 0.15) is 5.75 Å². The Morgan fingerprint density at radius 3 is 1.91 bits per heavy atom. The summed E-state index contributed by atoms with van der Waals surface area (Å²) in [6.07, 6.45) is 0.849. The summed E-state index contributed by atoms with van der Waals surface area (Å²) in [5.74, 6) is 0.211. The molecule has 0 aliphatic heterocycles. The average molecular weight is 602 g/mol. The molecule has 0 spiro atoms. The van der Waals surface area contributed by atoms with Gasteiger partial charge in [0.05, 0.1) is 19.4 Å². The van der Waals surface area contributed by atoms with Gasteiger partial charge < -0.3 is 14.2 Å². The van der Waals surface area contributed by atoms with Gasteiger partial charge in [0.15, 0.2) is 0 Å². The number of aromatic hydroxyl groups is 1. The number of benzene rings is 1. The lowest BCUT2D eigenvalue weighted by Crippen LogP contribution is -2.15. The number of phenolic OH excluding ortho intramolecular Hbond substituents is 1. The molecule has 0 bridgehead atoms. The lowest BCUT2D eigenvalue weighted by atomic mass is 10.2. The summed E-state index contributed by atoms with van der Waals surface area (Å²) in [7, 11) is -3.19. The van der Waals surface area contributed by atoms with E-state index in [1.165, 1.54) is 0 Å². The highest BCUT2D eigenvalue weighted by Crippen LogP contribution is 2.49. The first-order valence-corrected chi connectivity index (χ1v) is 12.7. The van der Waals surface area contributed by atoms with Crippen molar-refractivity contribution in [3.8, 4) is 5.75 Å². The minimum absolute atomic E-state index is 0.0732. The van der Waals surface area contributed by atoms with Crippen LogP contribution in [-0.4, -0.2) is 44.8 Å². The summed E-state index contributed by atoms with van der Waals surface area (Å²) in [5.41, 5.74) is 0.974. The third-order valence-corrected chi connectivity index (χ3v) is 9.18. The van der Waals surface area contributed by atoms with Crippen LogP contribution in [0.5, 0.6) is 5.75 Å². The Labute approximate surface area is 170 Å². The van der Waals surface area contributed by atoms with E-state index in [4.69, 9.17) is 9.05 Å². The SMILES string of the molecule is O=P(CCc1ccc(O)cc1)(OCC(Br)CBr)OCC(Br)CBr. The maximum absolute atomic E-state index is 12.9. The molecule has 2 atom stereocenters. The molecule has 1 N–H and O–H groups in total. The van der Waals surface area contributed by atoms with Crippen molar-refractivity contribution in [1.82, 2.24) is 0 Å². The normalized spacial score (nSPS) is 16.7. The highest BCUT2D eigenvalue weighted by atomic mass is 79.9. The van der Waals surface area contributed by atoms with Crippen LogP contribution in [0.25, 0.3) is 0 Å². The van der Waals surface area contributed by atoms with Crippen molar-refractivity contribution >= 4 is 71.3 Å². The molecule has 0 heterocycles. The molecule has 0 aromatic heterocycles. The zero-order chi connectivity index (χ0) is 17.3. The van der Waals surface area contributed by atoms with Crippen LogP contribution in [0.1, 0.15) is 5.56 Å². The molecule has 4 nitrogen and oxygen atoms in total. The average Bonchev–Trinajstić information content (AvgIpc) is 2.57. The Hall–Kier alpha value is 1.09. The van der Waals surface area contributed by atoms with Gasteiger partial charge in [0.25, 0.3) is 0 Å². The molecule has 0 radical (unpaired) electrons. The summed E-state index contributed by atoms with van der Waals surface area (Å²) in [4.78, 5) is 0.146. The van der Waals surface area contributed by atoms with Gasteiger partial charge in [-0.1, -0.05) is 75.9 Å². The second-order valence-electron chi connectivity index (χ2n) is 4.85. The molecule has 1 aromatic rings. The molecule has 1 rings (SSSR count). The van der Waals surface area contributed by atoms with Gasteiger partial charge in [0.2, 0.25) is 0 Å². The molecule has 0 aliphatic carbocycles. The first-order valence-electron chi connectivity index (χ1n) is 6.94. The number of alkyl halides is 4. The fraction of sp³-hybridized carbons (Fsp3) is 0.571. The Morgan fingerprint density at radius 1 is 1.00 bits per heavy atom. The summed E-state index contributed by atoms with van der Waals surface area (Å²) in [6.45, 7) is 0.610. The predicted molar refractivity (Wildman–Crippen MR) is 109 cm³/mol. The summed E-state index contributed by atoms with van der Waals surface area (Å²) in [5, 5.41) is 10.7. The molecule has 9 heteroatoms. The van der Waals surface area contributed by atoms with Crippen molar-refractivity contribution in [2.24, 2.45) is 0 Å². The van der Waals surface area contributed by atoms with Crippen LogP contribution in [0.3, 0.4) is 0 Å². The first-order chi connectivity index (χ1) is 10.9. The van der Waals surface area contributed by atoms with Gasteiger partial charge in [-0.15, -0.1) is 0 Å². The van der Waals surface area contributed by atoms with Gasteiger partial charge >= 0.3 is 7.60 Å². The van der Waals surface area contributed by atoms with E-state index in [0.29, 0.717) is 36.5 Å². The van der Waals surface area contributed by atoms with Crippen molar-refractivity contribution < 1.29 is 18.7 Å². The summed E-state index contributed by atoms with van der Waals surface area (Å²) >= 11 is 13.6. The lowest BCUT2D eigenvalue weighted by molar-refractivity contribution is 0.210. The molecule has 23 heavy (non-hydrogen) atoms. The fourth-order valence-corrected chi connectivity index (χ4v) is 4.30. The number of halogens is 4. The number of hydrogen-bond acceptors (Lipinski definition) is 4. The van der Waals surface area contributed by atoms with Crippen LogP contribution >= 0.6 is 71.3 Å². The number of hydrogen-bond donors (Lipinski definition) is 1. The van der Waals surface area contributed by atoms with Gasteiger partial charge in [-0.25, -0.2) is 0 Å². The molecular formula is C14H19Br4O4P. The van der Waals surface area contributed by atoms with Crippen molar-refractivity contribution in [2.75, 3.05) is 30.0 Å². The maximum atomic E-state index is 12.9. The number of rotatable bonds is 11. The van der Waals surface area contributed by atoms with Gasteiger partial charge in [-0.05, 0) is 24.1 Å². The topological polar surface area (TPSA) is 55.8 Å². The molecule has 0 saturated carbocycles. The van der Waals surface area contributed by atoms with Crippen molar-refractivity contribution in [1.29, 1.82) is 0 Å². The van der Waals surface area contributed by atoms with E-state index in [9.17, 15) is 9.67 Å². The van der Waals surface area contributed by atoms with Crippen LogP contribution in [0.15, 0.2) is 24.3 Å². The van der Waals surface area contributed by atoms with E-state index in [1.807, 2.05) is 0 Å². The highest BCUT2D eigenvalue weighted by molar-refractivity contribution is 9.12. The van der Waals surface area contributed by atoms with Crippen LogP contribution < -0.4 is 0 Å². The van der Waals surface area contributed by atoms with Gasteiger partial charge in [-0.3, -0.25) is 4.57 Å². The van der Waals surface area contributed by atoms with Crippen LogP contribution in [0.2, 0.25) is 0 Å². The fourth-order valence-electron chi connectivity index (χ4n) is 1.57. The minimum Gasteiger partial charge on any atom is -0.508 e. The third-order valence-electron chi connectivity index (χ3n) is 2.85. The Morgan fingerprint density at radius 2 is 1.48 bits per heavy atom. The predicted octanol–water partition coefficient (Wildman–Crippen LogP) is 5.48. The Balaban J connectivity index is 2.64. The van der Waals surface area contributed by atoms with E-state index < -0.39 is 7.60 Å². The zero-order valence-corrected chi connectivity index (χ0v) is 19.6. The third kappa shape index (κ3) is 9.38. The molecular weight excluding hydrogens is 583 g/mol. The molecule has 132 valence electrons. The van der Waals surface area contributed by atoms with Crippen LogP contribution in [-0.2, 0) is 20.0 Å². The van der Waals surface area contributed by atoms with Crippen molar-refractivity contribution in [3.63, 3.8) is 0 Å². The molecule has 2 unspecified atom stereocenters. The summed E-state index contributed by atoms with van der Waals surface area (Å²) in [6, 6.07) is 6.83. The Kier molecular flexibility index (Phi) is 11.2. The van der Waals surface area contributed by atoms with Crippen LogP contribution in [0.4, 0.5) is 0 Å². The molecule has 0 aliphatic rings. The lowest BCUT2D eigenvalue weighted by Gasteiger charge is -2.21. The second-order valence-corrected chi connectivity index (χ2v) is 10.9. The van der Waals surface area contributed by atoms with E-state index >= 15 is 0 Å². The summed E-state index contributed by atoms with van der Waals surface area (Å²) < 4.78 is 24.1. The van der Waals surface area contributed by atoms with Gasteiger partial charge in [0, 0.05) is 20.3 Å². The smallest absolute Gasteiger partial charge is 0.331 e. The van der Waals surface area contributed by atoms with E-state index in [1.54, 1.807) is 24.3 Å². The first kappa shape index (κ1) is 22.1. The molecule has 0 fully saturated rings.